The van der Waals surface area contributed by atoms with Gasteiger partial charge in [0.15, 0.2) is 18.8 Å². The lowest BCUT2D eigenvalue weighted by molar-refractivity contribution is -0.148. The monoisotopic (exact) mass is 326 g/mol. The average Bonchev–Trinajstić information content (AvgIpc) is 3.01. The third kappa shape index (κ3) is 3.52. The molecule has 1 heterocycles. The summed E-state index contributed by atoms with van der Waals surface area (Å²) in [5.74, 6) is -0.729. The van der Waals surface area contributed by atoms with E-state index in [4.69, 9.17) is 19.6 Å². The number of nitrogens with zero attached hydrogens (tertiary/aromatic N) is 1. The van der Waals surface area contributed by atoms with Crippen LogP contribution in [-0.2, 0) is 16.1 Å². The number of ether oxygens (including phenoxy) is 2. The van der Waals surface area contributed by atoms with Crippen LogP contribution in [0.5, 0.6) is 5.75 Å². The van der Waals surface area contributed by atoms with E-state index in [1.165, 1.54) is 6.07 Å². The fraction of sp³-hybridized carbons (Fsp3) is 0.118. The Bertz CT molecular complexity index is 854. The molecule has 0 unspecified atom stereocenters. The Morgan fingerprint density at radius 1 is 1.08 bits per heavy atom. The van der Waals surface area contributed by atoms with Crippen molar-refractivity contribution in [2.24, 2.45) is 5.73 Å². The van der Waals surface area contributed by atoms with Crippen molar-refractivity contribution in [1.29, 1.82) is 0 Å². The molecule has 7 nitrogen and oxygen atoms in total. The number of amides is 1. The first-order chi connectivity index (χ1) is 11.6. The Hall–Kier alpha value is -3.35. The molecule has 1 aromatic heterocycles. The van der Waals surface area contributed by atoms with E-state index in [-0.39, 0.29) is 24.5 Å². The quantitative estimate of drug-likeness (QED) is 0.695. The molecule has 0 aliphatic rings. The Labute approximate surface area is 137 Å². The minimum absolute atomic E-state index is 0.103. The SMILES string of the molecule is NC(=O)c1ccccc1OCC(=O)OCc1nc2ccccc2o1. The van der Waals surface area contributed by atoms with E-state index in [2.05, 4.69) is 4.98 Å². The number of carbonyl (C=O) groups is 2. The molecule has 1 amide bonds. The van der Waals surface area contributed by atoms with E-state index in [0.717, 1.165) is 0 Å². The summed E-state index contributed by atoms with van der Waals surface area (Å²) in [6, 6.07) is 13.6. The molecule has 7 heteroatoms. The molecule has 3 aromatic rings. The predicted molar refractivity (Wildman–Crippen MR) is 84.3 cm³/mol. The summed E-state index contributed by atoms with van der Waals surface area (Å²) < 4.78 is 15.8. The van der Waals surface area contributed by atoms with Crippen LogP contribution < -0.4 is 10.5 Å². The Kier molecular flexibility index (Phi) is 4.42. The molecule has 0 radical (unpaired) electrons. The van der Waals surface area contributed by atoms with Crippen LogP contribution in [0.2, 0.25) is 0 Å². The summed E-state index contributed by atoms with van der Waals surface area (Å²) >= 11 is 0. The summed E-state index contributed by atoms with van der Waals surface area (Å²) in [4.78, 5) is 27.2. The van der Waals surface area contributed by atoms with Crippen molar-refractivity contribution in [2.45, 2.75) is 6.61 Å². The molecule has 0 fully saturated rings. The molecule has 0 saturated heterocycles. The molecular formula is C17H14N2O5. The normalized spacial score (nSPS) is 10.5. The lowest BCUT2D eigenvalue weighted by Crippen LogP contribution is -2.18. The second kappa shape index (κ2) is 6.82. The highest BCUT2D eigenvalue weighted by Gasteiger charge is 2.12. The number of hydrogen-bond donors (Lipinski definition) is 1. The van der Waals surface area contributed by atoms with Crippen LogP contribution in [0, 0.1) is 0 Å². The van der Waals surface area contributed by atoms with Crippen molar-refractivity contribution in [3.8, 4) is 5.75 Å². The van der Waals surface area contributed by atoms with Gasteiger partial charge in [-0.05, 0) is 24.3 Å². The van der Waals surface area contributed by atoms with Gasteiger partial charge in [-0.3, -0.25) is 4.79 Å². The highest BCUT2D eigenvalue weighted by atomic mass is 16.6. The van der Waals surface area contributed by atoms with Crippen LogP contribution in [0.1, 0.15) is 16.2 Å². The zero-order chi connectivity index (χ0) is 16.9. The number of nitrogens with two attached hydrogens (primary N) is 1. The maximum Gasteiger partial charge on any atom is 0.344 e. The van der Waals surface area contributed by atoms with Gasteiger partial charge in [-0.2, -0.15) is 0 Å². The van der Waals surface area contributed by atoms with Crippen LogP contribution in [0.3, 0.4) is 0 Å². The van der Waals surface area contributed by atoms with Crippen LogP contribution in [0.15, 0.2) is 52.9 Å². The molecule has 0 atom stereocenters. The van der Waals surface area contributed by atoms with Crippen LogP contribution in [-0.4, -0.2) is 23.5 Å². The topological polar surface area (TPSA) is 105 Å². The molecule has 0 saturated carbocycles. The molecule has 2 aromatic carbocycles. The van der Waals surface area contributed by atoms with E-state index in [1.54, 1.807) is 30.3 Å². The number of hydrogen-bond acceptors (Lipinski definition) is 6. The number of esters is 1. The van der Waals surface area contributed by atoms with Crippen LogP contribution >= 0.6 is 0 Å². The number of rotatable bonds is 6. The summed E-state index contributed by atoms with van der Waals surface area (Å²) in [6.07, 6.45) is 0. The van der Waals surface area contributed by atoms with Gasteiger partial charge in [0.05, 0.1) is 5.56 Å². The molecule has 122 valence electrons. The van der Waals surface area contributed by atoms with E-state index >= 15 is 0 Å². The molecule has 0 bridgehead atoms. The first-order valence-corrected chi connectivity index (χ1v) is 7.15. The van der Waals surface area contributed by atoms with Gasteiger partial charge in [0, 0.05) is 0 Å². The highest BCUT2D eigenvalue weighted by Crippen LogP contribution is 2.17. The largest absolute Gasteiger partial charge is 0.481 e. The van der Waals surface area contributed by atoms with Gasteiger partial charge in [0.1, 0.15) is 11.3 Å². The first kappa shape index (κ1) is 15.5. The van der Waals surface area contributed by atoms with E-state index in [1.807, 2.05) is 12.1 Å². The molecular weight excluding hydrogens is 312 g/mol. The molecule has 0 aliphatic heterocycles. The molecule has 24 heavy (non-hydrogen) atoms. The number of para-hydroxylation sites is 3. The van der Waals surface area contributed by atoms with Crippen molar-refractivity contribution in [3.63, 3.8) is 0 Å². The number of primary amides is 1. The molecule has 0 aliphatic carbocycles. The van der Waals surface area contributed by atoms with Crippen molar-refractivity contribution in [3.05, 3.63) is 60.0 Å². The van der Waals surface area contributed by atoms with Crippen molar-refractivity contribution < 1.29 is 23.5 Å². The maximum atomic E-state index is 11.8. The van der Waals surface area contributed by atoms with Gasteiger partial charge in [0.25, 0.3) is 5.91 Å². The number of aromatic nitrogens is 1. The third-order valence-electron chi connectivity index (χ3n) is 3.19. The van der Waals surface area contributed by atoms with E-state index < -0.39 is 11.9 Å². The lowest BCUT2D eigenvalue weighted by Gasteiger charge is -2.08. The summed E-state index contributed by atoms with van der Waals surface area (Å²) in [5, 5.41) is 0. The van der Waals surface area contributed by atoms with Gasteiger partial charge < -0.3 is 19.6 Å². The van der Waals surface area contributed by atoms with Gasteiger partial charge in [-0.1, -0.05) is 24.3 Å². The maximum absolute atomic E-state index is 11.8. The minimum Gasteiger partial charge on any atom is -0.481 e. The zero-order valence-corrected chi connectivity index (χ0v) is 12.6. The Morgan fingerprint density at radius 3 is 2.62 bits per heavy atom. The van der Waals surface area contributed by atoms with Crippen molar-refractivity contribution in [2.75, 3.05) is 6.61 Å². The fourth-order valence-corrected chi connectivity index (χ4v) is 2.10. The Morgan fingerprint density at radius 2 is 1.83 bits per heavy atom. The third-order valence-corrected chi connectivity index (χ3v) is 3.19. The van der Waals surface area contributed by atoms with Gasteiger partial charge in [-0.25, -0.2) is 9.78 Å². The standard InChI is InChI=1S/C17H14N2O5/c18-17(21)11-5-1-3-7-13(11)22-10-16(20)23-9-15-19-12-6-2-4-8-14(12)24-15/h1-8H,9-10H2,(H2,18,21). The summed E-state index contributed by atoms with van der Waals surface area (Å²) in [6.45, 7) is -0.459. The van der Waals surface area contributed by atoms with E-state index in [9.17, 15) is 9.59 Å². The minimum atomic E-state index is -0.634. The second-order valence-corrected chi connectivity index (χ2v) is 4.89. The predicted octanol–water partition coefficient (Wildman–Crippen LogP) is 2.05. The number of fused-ring (bicyclic) bond motifs is 1. The van der Waals surface area contributed by atoms with Gasteiger partial charge >= 0.3 is 5.97 Å². The summed E-state index contributed by atoms with van der Waals surface area (Å²) in [5.41, 5.74) is 6.75. The zero-order valence-electron chi connectivity index (χ0n) is 12.6. The number of oxazole rings is 1. The van der Waals surface area contributed by atoms with Gasteiger partial charge in [0.2, 0.25) is 5.89 Å². The number of benzene rings is 2. The fourth-order valence-electron chi connectivity index (χ4n) is 2.10. The Balaban J connectivity index is 1.55. The van der Waals surface area contributed by atoms with Crippen LogP contribution in [0.4, 0.5) is 0 Å². The van der Waals surface area contributed by atoms with Crippen molar-refractivity contribution in [1.82, 2.24) is 4.98 Å². The van der Waals surface area contributed by atoms with E-state index in [0.29, 0.717) is 17.0 Å². The van der Waals surface area contributed by atoms with Gasteiger partial charge in [-0.15, -0.1) is 0 Å². The van der Waals surface area contributed by atoms with Crippen LogP contribution in [0.25, 0.3) is 11.1 Å². The first-order valence-electron chi connectivity index (χ1n) is 7.15. The molecule has 2 N–H and O–H groups in total. The highest BCUT2D eigenvalue weighted by molar-refractivity contribution is 5.95. The number of carbonyl (C=O) groups excluding carboxylic acids is 2. The molecule has 0 spiro atoms. The lowest BCUT2D eigenvalue weighted by atomic mass is 10.2. The van der Waals surface area contributed by atoms with Crippen molar-refractivity contribution >= 4 is 23.0 Å². The second-order valence-electron chi connectivity index (χ2n) is 4.89. The average molecular weight is 326 g/mol. The molecule has 3 rings (SSSR count). The smallest absolute Gasteiger partial charge is 0.344 e. The summed E-state index contributed by atoms with van der Waals surface area (Å²) in [7, 11) is 0.